The van der Waals surface area contributed by atoms with Gasteiger partial charge in [0.05, 0.1) is 10.6 Å². The van der Waals surface area contributed by atoms with Crippen LogP contribution in [-0.4, -0.2) is 40.9 Å². The summed E-state index contributed by atoms with van der Waals surface area (Å²) < 4.78 is 0. The standard InChI is InChI=1S/C25H21Cl2N3O4/c26-19-7-8-21(22(27)14-19)24(32)28-20-12-17(15-3-5-16(6-4-15)23(31)29-34)11-18(13-20)25(33)30-9-1-2-10-30/h3-8,11-14,34H,1-2,9-10H2,(H,28,32)(H,29,31). The Morgan fingerprint density at radius 3 is 2.15 bits per heavy atom. The van der Waals surface area contributed by atoms with E-state index in [0.717, 1.165) is 18.4 Å². The van der Waals surface area contributed by atoms with Crippen LogP contribution in [0.3, 0.4) is 0 Å². The van der Waals surface area contributed by atoms with Gasteiger partial charge in [0, 0.05) is 34.9 Å². The molecule has 3 aromatic carbocycles. The summed E-state index contributed by atoms with van der Waals surface area (Å²) in [5, 5.41) is 12.3. The van der Waals surface area contributed by atoms with Gasteiger partial charge < -0.3 is 10.2 Å². The number of carbonyl (C=O) groups excluding carboxylic acids is 3. The second-order valence-corrected chi connectivity index (χ2v) is 8.74. The number of hydroxylamine groups is 1. The molecule has 0 spiro atoms. The van der Waals surface area contributed by atoms with Crippen LogP contribution in [0, 0.1) is 0 Å². The van der Waals surface area contributed by atoms with E-state index in [0.29, 0.717) is 34.9 Å². The SMILES string of the molecule is O=C(NO)c1ccc(-c2cc(NC(=O)c3ccc(Cl)cc3Cl)cc(C(=O)N3CCCC3)c2)cc1. The number of hydrogen-bond donors (Lipinski definition) is 3. The molecule has 3 N–H and O–H groups in total. The molecule has 3 amide bonds. The Morgan fingerprint density at radius 2 is 1.50 bits per heavy atom. The Labute approximate surface area is 206 Å². The molecule has 7 nitrogen and oxygen atoms in total. The smallest absolute Gasteiger partial charge is 0.274 e. The van der Waals surface area contributed by atoms with Crippen LogP contribution in [0.2, 0.25) is 10.0 Å². The van der Waals surface area contributed by atoms with Crippen molar-refractivity contribution >= 4 is 46.6 Å². The van der Waals surface area contributed by atoms with Crippen molar-refractivity contribution in [3.63, 3.8) is 0 Å². The molecule has 3 aromatic rings. The maximum atomic E-state index is 13.1. The zero-order chi connectivity index (χ0) is 24.2. The van der Waals surface area contributed by atoms with Gasteiger partial charge in [-0.05, 0) is 72.5 Å². The molecule has 0 radical (unpaired) electrons. The van der Waals surface area contributed by atoms with Gasteiger partial charge >= 0.3 is 0 Å². The lowest BCUT2D eigenvalue weighted by atomic mass is 10.00. The molecule has 0 aromatic heterocycles. The van der Waals surface area contributed by atoms with Gasteiger partial charge in [-0.3, -0.25) is 19.6 Å². The Morgan fingerprint density at radius 1 is 0.794 bits per heavy atom. The normalized spacial score (nSPS) is 13.0. The zero-order valence-corrected chi connectivity index (χ0v) is 19.5. The lowest BCUT2D eigenvalue weighted by molar-refractivity contribution is 0.0706. The van der Waals surface area contributed by atoms with Crippen LogP contribution in [0.25, 0.3) is 11.1 Å². The van der Waals surface area contributed by atoms with Crippen molar-refractivity contribution in [1.29, 1.82) is 0 Å². The Balaban J connectivity index is 1.70. The predicted molar refractivity (Wildman–Crippen MR) is 131 cm³/mol. The van der Waals surface area contributed by atoms with Crippen molar-refractivity contribution in [2.45, 2.75) is 12.8 Å². The number of nitrogens with one attached hydrogen (secondary N) is 2. The number of anilines is 1. The average molecular weight is 498 g/mol. The van der Waals surface area contributed by atoms with Crippen molar-refractivity contribution in [3.05, 3.63) is 87.4 Å². The number of hydrogen-bond acceptors (Lipinski definition) is 4. The number of halogens is 2. The first-order valence-corrected chi connectivity index (χ1v) is 11.4. The Bertz CT molecular complexity index is 1260. The monoisotopic (exact) mass is 497 g/mol. The lowest BCUT2D eigenvalue weighted by Gasteiger charge is -2.17. The fourth-order valence-corrected chi connectivity index (χ4v) is 4.34. The second kappa shape index (κ2) is 10.3. The fourth-order valence-electron chi connectivity index (χ4n) is 3.84. The zero-order valence-electron chi connectivity index (χ0n) is 18.0. The lowest BCUT2D eigenvalue weighted by Crippen LogP contribution is -2.27. The quantitative estimate of drug-likeness (QED) is 0.330. The molecular weight excluding hydrogens is 477 g/mol. The molecule has 0 unspecified atom stereocenters. The van der Waals surface area contributed by atoms with Crippen LogP contribution in [0.1, 0.15) is 43.9 Å². The largest absolute Gasteiger partial charge is 0.339 e. The van der Waals surface area contributed by atoms with Gasteiger partial charge in [-0.15, -0.1) is 0 Å². The fraction of sp³-hybridized carbons (Fsp3) is 0.160. The summed E-state index contributed by atoms with van der Waals surface area (Å²) >= 11 is 12.1. The molecule has 1 saturated heterocycles. The van der Waals surface area contributed by atoms with Crippen LogP contribution in [-0.2, 0) is 0 Å². The number of rotatable bonds is 5. The molecule has 1 aliphatic rings. The number of carbonyl (C=O) groups is 3. The van der Waals surface area contributed by atoms with E-state index in [1.54, 1.807) is 58.9 Å². The summed E-state index contributed by atoms with van der Waals surface area (Å²) in [4.78, 5) is 39.4. The van der Waals surface area contributed by atoms with Gasteiger partial charge in [0.1, 0.15) is 0 Å². The molecule has 1 fully saturated rings. The van der Waals surface area contributed by atoms with E-state index in [2.05, 4.69) is 5.32 Å². The first-order chi connectivity index (χ1) is 16.4. The highest BCUT2D eigenvalue weighted by molar-refractivity contribution is 6.37. The third-order valence-corrected chi connectivity index (χ3v) is 6.14. The summed E-state index contributed by atoms with van der Waals surface area (Å²) in [5.41, 5.74) is 4.40. The third kappa shape index (κ3) is 5.22. The molecular formula is C25H21Cl2N3O4. The summed E-state index contributed by atoms with van der Waals surface area (Å²) in [6.45, 7) is 1.38. The minimum absolute atomic E-state index is 0.115. The van der Waals surface area contributed by atoms with Crippen LogP contribution in [0.15, 0.2) is 60.7 Å². The van der Waals surface area contributed by atoms with Crippen molar-refractivity contribution in [3.8, 4) is 11.1 Å². The van der Waals surface area contributed by atoms with E-state index >= 15 is 0 Å². The van der Waals surface area contributed by atoms with Crippen molar-refractivity contribution in [2.75, 3.05) is 18.4 Å². The van der Waals surface area contributed by atoms with E-state index in [1.807, 2.05) is 0 Å². The Hall–Kier alpha value is -3.39. The van der Waals surface area contributed by atoms with Crippen LogP contribution >= 0.6 is 23.2 Å². The third-order valence-electron chi connectivity index (χ3n) is 5.59. The van der Waals surface area contributed by atoms with Gasteiger partial charge in [0.15, 0.2) is 0 Å². The van der Waals surface area contributed by atoms with Gasteiger partial charge in [-0.1, -0.05) is 35.3 Å². The van der Waals surface area contributed by atoms with E-state index in [1.165, 1.54) is 12.1 Å². The highest BCUT2D eigenvalue weighted by atomic mass is 35.5. The predicted octanol–water partition coefficient (Wildman–Crippen LogP) is 5.27. The van der Waals surface area contributed by atoms with Crippen molar-refractivity contribution in [2.24, 2.45) is 0 Å². The molecule has 9 heteroatoms. The number of amides is 3. The minimum atomic E-state index is -0.627. The first kappa shape index (κ1) is 23.8. The molecule has 0 atom stereocenters. The minimum Gasteiger partial charge on any atom is -0.339 e. The van der Waals surface area contributed by atoms with E-state index < -0.39 is 11.8 Å². The van der Waals surface area contributed by atoms with E-state index in [9.17, 15) is 14.4 Å². The topological polar surface area (TPSA) is 98.7 Å². The first-order valence-electron chi connectivity index (χ1n) is 10.6. The number of likely N-dealkylation sites (tertiary alicyclic amines) is 1. The maximum Gasteiger partial charge on any atom is 0.274 e. The van der Waals surface area contributed by atoms with Crippen LogP contribution in [0.5, 0.6) is 0 Å². The van der Waals surface area contributed by atoms with E-state index in [-0.39, 0.29) is 22.1 Å². The molecule has 1 heterocycles. The van der Waals surface area contributed by atoms with Gasteiger partial charge in [-0.2, -0.15) is 0 Å². The van der Waals surface area contributed by atoms with Crippen LogP contribution in [0.4, 0.5) is 5.69 Å². The van der Waals surface area contributed by atoms with Gasteiger partial charge in [0.2, 0.25) is 0 Å². The molecule has 0 bridgehead atoms. The maximum absolute atomic E-state index is 13.1. The molecule has 174 valence electrons. The Kier molecular flexibility index (Phi) is 7.17. The highest BCUT2D eigenvalue weighted by Crippen LogP contribution is 2.28. The number of nitrogens with zero attached hydrogens (tertiary/aromatic N) is 1. The van der Waals surface area contributed by atoms with Gasteiger partial charge in [0.25, 0.3) is 17.7 Å². The average Bonchev–Trinajstić information content (AvgIpc) is 3.38. The van der Waals surface area contributed by atoms with Crippen molar-refractivity contribution in [1.82, 2.24) is 10.4 Å². The highest BCUT2D eigenvalue weighted by Gasteiger charge is 2.21. The molecule has 34 heavy (non-hydrogen) atoms. The summed E-state index contributed by atoms with van der Waals surface area (Å²) in [6.07, 6.45) is 1.91. The number of benzene rings is 3. The summed E-state index contributed by atoms with van der Waals surface area (Å²) in [5.74, 6) is -1.18. The molecule has 4 rings (SSSR count). The summed E-state index contributed by atoms with van der Waals surface area (Å²) in [6, 6.07) is 16.2. The van der Waals surface area contributed by atoms with Crippen molar-refractivity contribution < 1.29 is 19.6 Å². The van der Waals surface area contributed by atoms with Crippen LogP contribution < -0.4 is 10.8 Å². The molecule has 1 aliphatic heterocycles. The summed E-state index contributed by atoms with van der Waals surface area (Å²) in [7, 11) is 0. The van der Waals surface area contributed by atoms with Gasteiger partial charge in [-0.25, -0.2) is 5.48 Å². The molecule has 0 saturated carbocycles. The second-order valence-electron chi connectivity index (χ2n) is 7.89. The molecule has 0 aliphatic carbocycles. The van der Waals surface area contributed by atoms with E-state index in [4.69, 9.17) is 28.4 Å².